The Morgan fingerprint density at radius 3 is 2.45 bits per heavy atom. The molecule has 0 spiro atoms. The van der Waals surface area contributed by atoms with Gasteiger partial charge in [-0.1, -0.05) is 44.2 Å². The van der Waals surface area contributed by atoms with Crippen molar-refractivity contribution >= 4 is 15.9 Å². The highest BCUT2D eigenvalue weighted by molar-refractivity contribution is 9.10. The van der Waals surface area contributed by atoms with Crippen LogP contribution in [-0.2, 0) is 0 Å². The number of likely N-dealkylation sites (N-methyl/N-ethyl adjacent to an activating group) is 1. The fraction of sp³-hybridized carbons (Fsp3) is 0.400. The maximum Gasteiger partial charge on any atom is 0.138 e. The third kappa shape index (κ3) is 3.11. The Bertz CT molecular complexity index is 534. The number of nitrogens with zero attached hydrogens (tertiary/aromatic N) is 2. The van der Waals surface area contributed by atoms with E-state index in [1.807, 2.05) is 30.3 Å². The van der Waals surface area contributed by atoms with Gasteiger partial charge in [-0.25, -0.2) is 4.98 Å². The highest BCUT2D eigenvalue weighted by Crippen LogP contribution is 2.28. The van der Waals surface area contributed by atoms with E-state index in [0.717, 1.165) is 34.8 Å². The van der Waals surface area contributed by atoms with E-state index in [1.165, 1.54) is 0 Å². The molecule has 0 aliphatic carbocycles. The smallest absolute Gasteiger partial charge is 0.138 e. The van der Waals surface area contributed by atoms with Gasteiger partial charge in [0.25, 0.3) is 0 Å². The van der Waals surface area contributed by atoms with Gasteiger partial charge < -0.3 is 10.7 Å². The van der Waals surface area contributed by atoms with Gasteiger partial charge in [0, 0.05) is 12.1 Å². The molecule has 1 atom stereocenters. The van der Waals surface area contributed by atoms with Gasteiger partial charge in [0.1, 0.15) is 10.4 Å². The summed E-state index contributed by atoms with van der Waals surface area (Å²) < 4.78 is 0.846. The quantitative estimate of drug-likeness (QED) is 0.851. The third-order valence-corrected chi connectivity index (χ3v) is 4.15. The fourth-order valence-electron chi connectivity index (χ4n) is 2.43. The van der Waals surface area contributed by atoms with Crippen LogP contribution in [0.1, 0.15) is 25.6 Å². The van der Waals surface area contributed by atoms with Crippen LogP contribution in [0.5, 0.6) is 0 Å². The lowest BCUT2D eigenvalue weighted by Crippen LogP contribution is -2.34. The lowest BCUT2D eigenvalue weighted by Gasteiger charge is -2.27. The Labute approximate surface area is 128 Å². The molecule has 20 heavy (non-hydrogen) atoms. The van der Waals surface area contributed by atoms with Crippen molar-refractivity contribution in [2.75, 3.05) is 19.6 Å². The van der Waals surface area contributed by atoms with Crippen LogP contribution in [0.3, 0.4) is 0 Å². The zero-order valence-corrected chi connectivity index (χ0v) is 13.5. The molecule has 1 aromatic heterocycles. The van der Waals surface area contributed by atoms with E-state index in [-0.39, 0.29) is 6.04 Å². The first-order valence-corrected chi connectivity index (χ1v) is 7.75. The van der Waals surface area contributed by atoms with Gasteiger partial charge in [0.15, 0.2) is 0 Å². The summed E-state index contributed by atoms with van der Waals surface area (Å²) in [4.78, 5) is 10.3. The van der Waals surface area contributed by atoms with Gasteiger partial charge >= 0.3 is 0 Å². The van der Waals surface area contributed by atoms with Crippen LogP contribution in [0, 0.1) is 0 Å². The molecule has 1 heterocycles. The summed E-state index contributed by atoms with van der Waals surface area (Å²) in [7, 11) is 0. The topological polar surface area (TPSA) is 57.9 Å². The number of imidazole rings is 1. The van der Waals surface area contributed by atoms with Gasteiger partial charge in [-0.2, -0.15) is 0 Å². The van der Waals surface area contributed by atoms with Crippen molar-refractivity contribution in [3.8, 4) is 11.4 Å². The lowest BCUT2D eigenvalue weighted by atomic mass is 10.2. The molecule has 0 aliphatic heterocycles. The summed E-state index contributed by atoms with van der Waals surface area (Å²) in [6.45, 7) is 6.79. The van der Waals surface area contributed by atoms with E-state index in [9.17, 15) is 0 Å². The van der Waals surface area contributed by atoms with E-state index in [1.54, 1.807) is 0 Å². The summed E-state index contributed by atoms with van der Waals surface area (Å²) in [6, 6.07) is 10.3. The zero-order chi connectivity index (χ0) is 14.5. The molecule has 0 amide bonds. The number of benzene rings is 1. The molecule has 0 radical (unpaired) electrons. The molecule has 3 N–H and O–H groups in total. The van der Waals surface area contributed by atoms with Crippen LogP contribution in [0.2, 0.25) is 0 Å². The number of halogens is 1. The van der Waals surface area contributed by atoms with Crippen LogP contribution in [0.4, 0.5) is 0 Å². The van der Waals surface area contributed by atoms with Crippen LogP contribution >= 0.6 is 15.9 Å². The van der Waals surface area contributed by atoms with Crippen LogP contribution in [0.25, 0.3) is 11.4 Å². The molecule has 5 heteroatoms. The van der Waals surface area contributed by atoms with E-state index in [2.05, 4.69) is 44.6 Å². The monoisotopic (exact) mass is 336 g/mol. The highest BCUT2D eigenvalue weighted by Gasteiger charge is 2.22. The molecule has 4 nitrogen and oxygen atoms in total. The van der Waals surface area contributed by atoms with Crippen molar-refractivity contribution in [3.63, 3.8) is 0 Å². The van der Waals surface area contributed by atoms with E-state index >= 15 is 0 Å². The number of hydrogen-bond donors (Lipinski definition) is 2. The molecular weight excluding hydrogens is 316 g/mol. The lowest BCUT2D eigenvalue weighted by molar-refractivity contribution is 0.220. The maximum atomic E-state index is 5.96. The molecule has 0 aliphatic rings. The Balaban J connectivity index is 2.35. The van der Waals surface area contributed by atoms with Crippen molar-refractivity contribution in [2.45, 2.75) is 19.9 Å². The first-order valence-electron chi connectivity index (χ1n) is 6.96. The summed E-state index contributed by atoms with van der Waals surface area (Å²) in [6.07, 6.45) is 0. The predicted molar refractivity (Wildman–Crippen MR) is 86.4 cm³/mol. The highest BCUT2D eigenvalue weighted by atomic mass is 79.9. The number of H-pyrrole nitrogens is 1. The minimum atomic E-state index is 0.157. The second-order valence-electron chi connectivity index (χ2n) is 4.63. The molecule has 2 rings (SSSR count). The fourth-order valence-corrected chi connectivity index (χ4v) is 2.97. The first-order chi connectivity index (χ1) is 9.71. The van der Waals surface area contributed by atoms with Crippen molar-refractivity contribution < 1.29 is 0 Å². The minimum Gasteiger partial charge on any atom is -0.340 e. The molecular formula is C15H21BrN4. The average molecular weight is 337 g/mol. The predicted octanol–water partition coefficient (Wildman–Crippen LogP) is 3.18. The van der Waals surface area contributed by atoms with Crippen LogP contribution in [-0.4, -0.2) is 34.5 Å². The number of aromatic nitrogens is 2. The maximum absolute atomic E-state index is 5.96. The van der Waals surface area contributed by atoms with Crippen LogP contribution < -0.4 is 5.73 Å². The molecule has 108 valence electrons. The normalized spacial score (nSPS) is 12.8. The molecule has 1 aromatic carbocycles. The first kappa shape index (κ1) is 15.2. The third-order valence-electron chi connectivity index (χ3n) is 3.54. The Hall–Kier alpha value is -1.17. The molecule has 0 bridgehead atoms. The Morgan fingerprint density at radius 1 is 1.25 bits per heavy atom. The van der Waals surface area contributed by atoms with Crippen LogP contribution in [0.15, 0.2) is 34.9 Å². The van der Waals surface area contributed by atoms with Crippen molar-refractivity contribution in [1.82, 2.24) is 14.9 Å². The van der Waals surface area contributed by atoms with E-state index < -0.39 is 0 Å². The minimum absolute atomic E-state index is 0.157. The van der Waals surface area contributed by atoms with Gasteiger partial charge in [-0.05, 0) is 29.0 Å². The second-order valence-corrected chi connectivity index (χ2v) is 5.38. The number of nitrogens with two attached hydrogens (primary N) is 1. The van der Waals surface area contributed by atoms with Crippen molar-refractivity contribution in [3.05, 3.63) is 40.6 Å². The largest absolute Gasteiger partial charge is 0.340 e. The van der Waals surface area contributed by atoms with Crippen molar-refractivity contribution in [1.29, 1.82) is 0 Å². The van der Waals surface area contributed by atoms with Gasteiger partial charge in [0.2, 0.25) is 0 Å². The number of hydrogen-bond acceptors (Lipinski definition) is 3. The number of rotatable bonds is 6. The standard InChI is InChI=1S/C15H21BrN4/c1-3-20(4-2)12(10-17)13-14(16)19-15(18-13)11-8-6-5-7-9-11/h5-9,12H,3-4,10,17H2,1-2H3,(H,18,19). The second kappa shape index (κ2) is 7.02. The number of aromatic amines is 1. The number of nitrogens with one attached hydrogen (secondary N) is 1. The van der Waals surface area contributed by atoms with Crippen molar-refractivity contribution in [2.24, 2.45) is 5.73 Å². The zero-order valence-electron chi connectivity index (χ0n) is 11.9. The summed E-state index contributed by atoms with van der Waals surface area (Å²) >= 11 is 3.56. The van der Waals surface area contributed by atoms with Gasteiger partial charge in [-0.3, -0.25) is 4.90 Å². The molecule has 0 saturated heterocycles. The molecule has 2 aromatic rings. The average Bonchev–Trinajstić information content (AvgIpc) is 2.87. The van der Waals surface area contributed by atoms with E-state index in [4.69, 9.17) is 5.73 Å². The molecule has 0 fully saturated rings. The molecule has 1 unspecified atom stereocenters. The molecule has 0 saturated carbocycles. The van der Waals surface area contributed by atoms with Gasteiger partial charge in [-0.15, -0.1) is 0 Å². The SMILES string of the molecule is CCN(CC)C(CN)c1[nH]c(-c2ccccc2)nc1Br. The van der Waals surface area contributed by atoms with Gasteiger partial charge in [0.05, 0.1) is 11.7 Å². The summed E-state index contributed by atoms with van der Waals surface area (Å²) in [5, 5.41) is 0. The Kier molecular flexibility index (Phi) is 5.34. The summed E-state index contributed by atoms with van der Waals surface area (Å²) in [5.41, 5.74) is 8.09. The summed E-state index contributed by atoms with van der Waals surface area (Å²) in [5.74, 6) is 0.873. The van der Waals surface area contributed by atoms with E-state index in [0.29, 0.717) is 6.54 Å². The Morgan fingerprint density at radius 2 is 1.90 bits per heavy atom.